The predicted octanol–water partition coefficient (Wildman–Crippen LogP) is 3.49. The van der Waals surface area contributed by atoms with Crippen LogP contribution in [0.4, 0.5) is 0 Å². The lowest BCUT2D eigenvalue weighted by molar-refractivity contribution is -0.144. The number of hydrogen-bond donors (Lipinski definition) is 2. The molecule has 1 atom stereocenters. The molecule has 3 rings (SSSR count). The summed E-state index contributed by atoms with van der Waals surface area (Å²) in [6.45, 7) is 3.49. The molecule has 0 saturated heterocycles. The minimum Gasteiger partial charge on any atom is -0.490 e. The average Bonchev–Trinajstić information content (AvgIpc) is 2.64. The number of fused-ring (bicyclic) bond motifs is 1. The van der Waals surface area contributed by atoms with Gasteiger partial charge in [0.2, 0.25) is 0 Å². The van der Waals surface area contributed by atoms with Gasteiger partial charge in [-0.05, 0) is 38.1 Å². The number of nitrogens with one attached hydrogen (secondary N) is 1. The van der Waals surface area contributed by atoms with E-state index < -0.39 is 12.1 Å². The SMILES string of the molecule is CCOc1cc(-c2nc3ccccc3c(=O)[nH]2)cc(Cl)c1OC(C)C(=O)O. The Kier molecular flexibility index (Phi) is 5.32. The van der Waals surface area contributed by atoms with E-state index in [1.54, 1.807) is 43.3 Å². The van der Waals surface area contributed by atoms with Crippen LogP contribution >= 0.6 is 11.6 Å². The molecule has 0 spiro atoms. The topological polar surface area (TPSA) is 102 Å². The van der Waals surface area contributed by atoms with Gasteiger partial charge in [0.05, 0.1) is 22.5 Å². The van der Waals surface area contributed by atoms with E-state index in [0.29, 0.717) is 28.9 Å². The van der Waals surface area contributed by atoms with Crippen molar-refractivity contribution >= 4 is 28.5 Å². The van der Waals surface area contributed by atoms with E-state index >= 15 is 0 Å². The number of aromatic nitrogens is 2. The van der Waals surface area contributed by atoms with Crippen molar-refractivity contribution in [2.75, 3.05) is 6.61 Å². The third-order valence-electron chi connectivity index (χ3n) is 3.84. The molecule has 0 aliphatic heterocycles. The van der Waals surface area contributed by atoms with Crippen molar-refractivity contribution in [2.24, 2.45) is 0 Å². The number of aliphatic carboxylic acids is 1. The highest BCUT2D eigenvalue weighted by Crippen LogP contribution is 2.39. The van der Waals surface area contributed by atoms with Crippen molar-refractivity contribution in [1.29, 1.82) is 0 Å². The Morgan fingerprint density at radius 3 is 2.78 bits per heavy atom. The van der Waals surface area contributed by atoms with Crippen molar-refractivity contribution in [2.45, 2.75) is 20.0 Å². The van der Waals surface area contributed by atoms with Crippen LogP contribution in [0.3, 0.4) is 0 Å². The second-order valence-electron chi connectivity index (χ2n) is 5.75. The number of carbonyl (C=O) groups is 1. The summed E-state index contributed by atoms with van der Waals surface area (Å²) in [7, 11) is 0. The molecule has 2 N–H and O–H groups in total. The van der Waals surface area contributed by atoms with E-state index in [1.807, 2.05) is 0 Å². The molecular formula is C19H17ClN2O5. The fourth-order valence-corrected chi connectivity index (χ4v) is 2.79. The number of carboxylic acid groups (broad SMARTS) is 1. The molecule has 27 heavy (non-hydrogen) atoms. The molecule has 1 unspecified atom stereocenters. The van der Waals surface area contributed by atoms with Crippen LogP contribution in [-0.4, -0.2) is 33.8 Å². The molecule has 0 amide bonds. The Bertz CT molecular complexity index is 1060. The van der Waals surface area contributed by atoms with Gasteiger partial charge in [-0.15, -0.1) is 0 Å². The molecule has 0 aliphatic carbocycles. The lowest BCUT2D eigenvalue weighted by Gasteiger charge is -2.17. The lowest BCUT2D eigenvalue weighted by atomic mass is 10.1. The number of carboxylic acids is 1. The van der Waals surface area contributed by atoms with Gasteiger partial charge in [-0.25, -0.2) is 9.78 Å². The number of para-hydroxylation sites is 1. The molecule has 1 heterocycles. The van der Waals surface area contributed by atoms with Crippen molar-refractivity contribution in [3.05, 3.63) is 51.8 Å². The van der Waals surface area contributed by atoms with E-state index in [1.165, 1.54) is 6.92 Å². The summed E-state index contributed by atoms with van der Waals surface area (Å²) in [4.78, 5) is 30.6. The zero-order valence-corrected chi connectivity index (χ0v) is 15.4. The fourth-order valence-electron chi connectivity index (χ4n) is 2.53. The fraction of sp³-hybridized carbons (Fsp3) is 0.211. The van der Waals surface area contributed by atoms with Gasteiger partial charge in [0.25, 0.3) is 5.56 Å². The Balaban J connectivity index is 2.12. The van der Waals surface area contributed by atoms with E-state index in [2.05, 4.69) is 9.97 Å². The quantitative estimate of drug-likeness (QED) is 0.670. The van der Waals surface area contributed by atoms with E-state index in [9.17, 15) is 9.59 Å². The molecule has 2 aromatic carbocycles. The summed E-state index contributed by atoms with van der Waals surface area (Å²) in [5, 5.41) is 9.69. The van der Waals surface area contributed by atoms with Gasteiger partial charge < -0.3 is 19.6 Å². The molecule has 1 aromatic heterocycles. The van der Waals surface area contributed by atoms with E-state index in [4.69, 9.17) is 26.2 Å². The standard InChI is InChI=1S/C19H17ClN2O5/c1-3-26-15-9-11(8-13(20)16(15)27-10(2)19(24)25)17-21-14-7-5-4-6-12(14)18(23)22-17/h4-10H,3H2,1-2H3,(H,24,25)(H,21,22,23). The van der Waals surface area contributed by atoms with Crippen LogP contribution in [0.15, 0.2) is 41.2 Å². The molecule has 0 fully saturated rings. The largest absolute Gasteiger partial charge is 0.490 e. The van der Waals surface area contributed by atoms with Crippen LogP contribution in [0, 0.1) is 0 Å². The first-order chi connectivity index (χ1) is 12.9. The highest BCUT2D eigenvalue weighted by atomic mass is 35.5. The molecule has 0 radical (unpaired) electrons. The maximum atomic E-state index is 12.3. The summed E-state index contributed by atoms with van der Waals surface area (Å²) in [5.74, 6) is -0.415. The minimum atomic E-state index is -1.13. The van der Waals surface area contributed by atoms with E-state index in [0.717, 1.165) is 0 Å². The normalized spacial score (nSPS) is 12.0. The summed E-state index contributed by atoms with van der Waals surface area (Å²) < 4.78 is 11.0. The molecule has 0 bridgehead atoms. The summed E-state index contributed by atoms with van der Waals surface area (Å²) in [6.07, 6.45) is -1.11. The van der Waals surface area contributed by atoms with Gasteiger partial charge in [0, 0.05) is 5.56 Å². The van der Waals surface area contributed by atoms with Gasteiger partial charge in [0.1, 0.15) is 5.82 Å². The average molecular weight is 389 g/mol. The van der Waals surface area contributed by atoms with E-state index in [-0.39, 0.29) is 22.1 Å². The van der Waals surface area contributed by atoms with Crippen molar-refractivity contribution in [3.8, 4) is 22.9 Å². The molecule has 8 heteroatoms. The number of H-pyrrole nitrogens is 1. The van der Waals surface area contributed by atoms with Crippen LogP contribution in [0.2, 0.25) is 5.02 Å². The summed E-state index contributed by atoms with van der Waals surface area (Å²) >= 11 is 6.31. The number of rotatable bonds is 6. The van der Waals surface area contributed by atoms with Crippen LogP contribution in [0.25, 0.3) is 22.3 Å². The molecule has 140 valence electrons. The minimum absolute atomic E-state index is 0.125. The van der Waals surface area contributed by atoms with Crippen LogP contribution in [-0.2, 0) is 4.79 Å². The molecule has 0 saturated carbocycles. The molecule has 0 aliphatic rings. The van der Waals surface area contributed by atoms with Gasteiger partial charge in [-0.1, -0.05) is 23.7 Å². The third-order valence-corrected chi connectivity index (χ3v) is 4.12. The highest BCUT2D eigenvalue weighted by molar-refractivity contribution is 6.32. The first-order valence-electron chi connectivity index (χ1n) is 8.26. The maximum absolute atomic E-state index is 12.3. The van der Waals surface area contributed by atoms with Crippen LogP contribution < -0.4 is 15.0 Å². The molecule has 3 aromatic rings. The molecular weight excluding hydrogens is 372 g/mol. The Labute approximate surface area is 159 Å². The van der Waals surface area contributed by atoms with Crippen molar-refractivity contribution in [3.63, 3.8) is 0 Å². The number of halogens is 1. The van der Waals surface area contributed by atoms with Crippen LogP contribution in [0.5, 0.6) is 11.5 Å². The second kappa shape index (κ2) is 7.67. The zero-order chi connectivity index (χ0) is 19.6. The third kappa shape index (κ3) is 3.88. The van der Waals surface area contributed by atoms with Gasteiger partial charge in [-0.2, -0.15) is 0 Å². The predicted molar refractivity (Wildman–Crippen MR) is 102 cm³/mol. The van der Waals surface area contributed by atoms with Crippen molar-refractivity contribution in [1.82, 2.24) is 9.97 Å². The summed E-state index contributed by atoms with van der Waals surface area (Å²) in [6, 6.07) is 10.1. The Morgan fingerprint density at radius 1 is 1.33 bits per heavy atom. The molecule has 7 nitrogen and oxygen atoms in total. The number of aromatic amines is 1. The zero-order valence-electron chi connectivity index (χ0n) is 14.7. The second-order valence-corrected chi connectivity index (χ2v) is 6.16. The Hall–Kier alpha value is -3.06. The first kappa shape index (κ1) is 18.7. The first-order valence-corrected chi connectivity index (χ1v) is 8.63. The van der Waals surface area contributed by atoms with Crippen molar-refractivity contribution < 1.29 is 19.4 Å². The van der Waals surface area contributed by atoms with Gasteiger partial charge in [0.15, 0.2) is 17.6 Å². The highest BCUT2D eigenvalue weighted by Gasteiger charge is 2.20. The monoisotopic (exact) mass is 388 g/mol. The smallest absolute Gasteiger partial charge is 0.344 e. The lowest BCUT2D eigenvalue weighted by Crippen LogP contribution is -2.23. The Morgan fingerprint density at radius 2 is 2.07 bits per heavy atom. The number of benzene rings is 2. The number of hydrogen-bond acceptors (Lipinski definition) is 5. The number of nitrogens with zero attached hydrogens (tertiary/aromatic N) is 1. The summed E-state index contributed by atoms with van der Waals surface area (Å²) in [5.41, 5.74) is 0.788. The van der Waals surface area contributed by atoms with Gasteiger partial charge in [-0.3, -0.25) is 4.79 Å². The van der Waals surface area contributed by atoms with Crippen LogP contribution in [0.1, 0.15) is 13.8 Å². The number of ether oxygens (including phenoxy) is 2. The van der Waals surface area contributed by atoms with Gasteiger partial charge >= 0.3 is 5.97 Å². The maximum Gasteiger partial charge on any atom is 0.344 e.